The summed E-state index contributed by atoms with van der Waals surface area (Å²) < 4.78 is 11.2. The average Bonchev–Trinajstić information content (AvgIpc) is 2.54. The van der Waals surface area contributed by atoms with E-state index in [1.54, 1.807) is 36.4 Å². The molecule has 0 aliphatic heterocycles. The average molecular weight is 398 g/mol. The van der Waals surface area contributed by atoms with Gasteiger partial charge in [0.2, 0.25) is 0 Å². The molecule has 0 fully saturated rings. The first-order valence-electron chi connectivity index (χ1n) is 6.72. The lowest BCUT2D eigenvalue weighted by Crippen LogP contribution is -2.07. The highest BCUT2D eigenvalue weighted by Gasteiger charge is 2.14. The molecule has 0 N–H and O–H groups in total. The molecule has 0 saturated carbocycles. The molecule has 0 spiro atoms. The lowest BCUT2D eigenvalue weighted by atomic mass is 10.1. The standard InChI is InChI=1S/C17H14BrClO4/c1-10(20)11-3-6-16(22-2)12(7-11)9-23-17(21)14-8-13(18)4-5-15(14)19/h3-8H,9H2,1-2H3. The summed E-state index contributed by atoms with van der Waals surface area (Å²) >= 11 is 9.29. The van der Waals surface area contributed by atoms with Gasteiger partial charge in [-0.25, -0.2) is 4.79 Å². The molecule has 0 saturated heterocycles. The Labute approximate surface area is 147 Å². The number of esters is 1. The van der Waals surface area contributed by atoms with Gasteiger partial charge in [0.05, 0.1) is 17.7 Å². The van der Waals surface area contributed by atoms with Crippen LogP contribution in [0.1, 0.15) is 33.2 Å². The van der Waals surface area contributed by atoms with E-state index in [0.29, 0.717) is 21.9 Å². The molecule has 120 valence electrons. The van der Waals surface area contributed by atoms with E-state index < -0.39 is 5.97 Å². The Morgan fingerprint density at radius 1 is 1.17 bits per heavy atom. The minimum Gasteiger partial charge on any atom is -0.496 e. The summed E-state index contributed by atoms with van der Waals surface area (Å²) in [6, 6.07) is 9.92. The summed E-state index contributed by atoms with van der Waals surface area (Å²) in [7, 11) is 1.51. The summed E-state index contributed by atoms with van der Waals surface area (Å²) in [5.41, 5.74) is 1.40. The van der Waals surface area contributed by atoms with E-state index in [-0.39, 0.29) is 18.0 Å². The van der Waals surface area contributed by atoms with Gasteiger partial charge < -0.3 is 9.47 Å². The van der Waals surface area contributed by atoms with Crippen molar-refractivity contribution in [3.8, 4) is 5.75 Å². The Hall–Kier alpha value is -1.85. The number of ether oxygens (including phenoxy) is 2. The molecule has 0 atom stereocenters. The molecular formula is C17H14BrClO4. The van der Waals surface area contributed by atoms with E-state index in [1.807, 2.05) is 0 Å². The zero-order chi connectivity index (χ0) is 17.0. The number of halogens is 2. The minimum atomic E-state index is -0.549. The number of carbonyl (C=O) groups is 2. The first kappa shape index (κ1) is 17.5. The van der Waals surface area contributed by atoms with Crippen LogP contribution in [0, 0.1) is 0 Å². The second kappa shape index (κ2) is 7.62. The van der Waals surface area contributed by atoms with E-state index >= 15 is 0 Å². The van der Waals surface area contributed by atoms with Crippen molar-refractivity contribution < 1.29 is 19.1 Å². The Morgan fingerprint density at radius 3 is 2.57 bits per heavy atom. The van der Waals surface area contributed by atoms with Crippen LogP contribution in [0.25, 0.3) is 0 Å². The van der Waals surface area contributed by atoms with Crippen molar-refractivity contribution in [1.29, 1.82) is 0 Å². The fraction of sp³-hybridized carbons (Fsp3) is 0.176. The number of carbonyl (C=O) groups excluding carboxylic acids is 2. The van der Waals surface area contributed by atoms with Gasteiger partial charge in [-0.05, 0) is 43.3 Å². The molecular weight excluding hydrogens is 384 g/mol. The molecule has 0 radical (unpaired) electrons. The van der Waals surface area contributed by atoms with Crippen molar-refractivity contribution >= 4 is 39.3 Å². The van der Waals surface area contributed by atoms with Gasteiger partial charge >= 0.3 is 5.97 Å². The summed E-state index contributed by atoms with van der Waals surface area (Å²) in [6.45, 7) is 1.45. The van der Waals surface area contributed by atoms with E-state index in [0.717, 1.165) is 4.47 Å². The molecule has 0 heterocycles. The van der Waals surface area contributed by atoms with Crippen molar-refractivity contribution in [3.63, 3.8) is 0 Å². The maximum atomic E-state index is 12.2. The van der Waals surface area contributed by atoms with Crippen LogP contribution in [0.5, 0.6) is 5.75 Å². The monoisotopic (exact) mass is 396 g/mol. The number of rotatable bonds is 5. The third-order valence-electron chi connectivity index (χ3n) is 3.19. The minimum absolute atomic E-state index is 0.0219. The fourth-order valence-electron chi connectivity index (χ4n) is 1.99. The maximum Gasteiger partial charge on any atom is 0.340 e. The van der Waals surface area contributed by atoms with Gasteiger partial charge in [0.25, 0.3) is 0 Å². The molecule has 0 aliphatic carbocycles. The van der Waals surface area contributed by atoms with Gasteiger partial charge in [-0.1, -0.05) is 27.5 Å². The highest BCUT2D eigenvalue weighted by atomic mass is 79.9. The fourth-order valence-corrected chi connectivity index (χ4v) is 2.54. The van der Waals surface area contributed by atoms with Crippen molar-refractivity contribution in [1.82, 2.24) is 0 Å². The topological polar surface area (TPSA) is 52.6 Å². The number of hydrogen-bond donors (Lipinski definition) is 0. The van der Waals surface area contributed by atoms with Gasteiger partial charge in [0.15, 0.2) is 5.78 Å². The van der Waals surface area contributed by atoms with Crippen LogP contribution in [0.2, 0.25) is 5.02 Å². The maximum absolute atomic E-state index is 12.2. The predicted molar refractivity (Wildman–Crippen MR) is 91.3 cm³/mol. The molecule has 23 heavy (non-hydrogen) atoms. The third-order valence-corrected chi connectivity index (χ3v) is 4.02. The Morgan fingerprint density at radius 2 is 1.91 bits per heavy atom. The summed E-state index contributed by atoms with van der Waals surface area (Å²) in [5, 5.41) is 0.308. The smallest absolute Gasteiger partial charge is 0.340 e. The number of methoxy groups -OCH3 is 1. The zero-order valence-electron chi connectivity index (χ0n) is 12.6. The van der Waals surface area contributed by atoms with Crippen molar-refractivity contribution in [2.24, 2.45) is 0 Å². The zero-order valence-corrected chi connectivity index (χ0v) is 14.9. The van der Waals surface area contributed by atoms with Crippen LogP contribution < -0.4 is 4.74 Å². The molecule has 4 nitrogen and oxygen atoms in total. The lowest BCUT2D eigenvalue weighted by molar-refractivity contribution is 0.0470. The normalized spacial score (nSPS) is 10.3. The number of Topliss-reactive ketones (excluding diaryl/α,β-unsaturated/α-hetero) is 1. The number of hydrogen-bond acceptors (Lipinski definition) is 4. The second-order valence-electron chi connectivity index (χ2n) is 4.78. The molecule has 6 heteroatoms. The van der Waals surface area contributed by atoms with Gasteiger partial charge in [-0.15, -0.1) is 0 Å². The SMILES string of the molecule is COc1ccc(C(C)=O)cc1COC(=O)c1cc(Br)ccc1Cl. The molecule has 2 aromatic carbocycles. The first-order valence-corrected chi connectivity index (χ1v) is 7.89. The summed E-state index contributed by atoms with van der Waals surface area (Å²) in [5.74, 6) is -0.0787. The molecule has 0 bridgehead atoms. The molecule has 0 amide bonds. The number of benzene rings is 2. The summed E-state index contributed by atoms with van der Waals surface area (Å²) in [6.07, 6.45) is 0. The third kappa shape index (κ3) is 4.33. The van der Waals surface area contributed by atoms with Crippen molar-refractivity contribution in [2.45, 2.75) is 13.5 Å². The second-order valence-corrected chi connectivity index (χ2v) is 6.11. The molecule has 0 unspecified atom stereocenters. The van der Waals surface area contributed by atoms with Crippen LogP contribution in [0.15, 0.2) is 40.9 Å². The number of ketones is 1. The largest absolute Gasteiger partial charge is 0.496 e. The van der Waals surface area contributed by atoms with E-state index in [4.69, 9.17) is 21.1 Å². The van der Waals surface area contributed by atoms with Crippen LogP contribution >= 0.6 is 27.5 Å². The van der Waals surface area contributed by atoms with Crippen molar-refractivity contribution in [2.75, 3.05) is 7.11 Å². The van der Waals surface area contributed by atoms with Crippen LogP contribution in [-0.4, -0.2) is 18.9 Å². The quantitative estimate of drug-likeness (QED) is 0.543. The Bertz CT molecular complexity index is 758. The predicted octanol–water partition coefficient (Wildman–Crippen LogP) is 4.67. The van der Waals surface area contributed by atoms with Crippen LogP contribution in [0.3, 0.4) is 0 Å². The highest BCUT2D eigenvalue weighted by molar-refractivity contribution is 9.10. The Kier molecular flexibility index (Phi) is 5.80. The van der Waals surface area contributed by atoms with Gasteiger partial charge in [-0.2, -0.15) is 0 Å². The molecule has 2 rings (SSSR count). The van der Waals surface area contributed by atoms with E-state index in [9.17, 15) is 9.59 Å². The summed E-state index contributed by atoms with van der Waals surface area (Å²) in [4.78, 5) is 23.6. The molecule has 0 aliphatic rings. The lowest BCUT2D eigenvalue weighted by Gasteiger charge is -2.11. The molecule has 2 aromatic rings. The van der Waals surface area contributed by atoms with Gasteiger partial charge in [0.1, 0.15) is 12.4 Å². The van der Waals surface area contributed by atoms with Crippen molar-refractivity contribution in [3.05, 3.63) is 62.6 Å². The van der Waals surface area contributed by atoms with E-state index in [1.165, 1.54) is 14.0 Å². The van der Waals surface area contributed by atoms with Gasteiger partial charge in [0, 0.05) is 15.6 Å². The van der Waals surface area contributed by atoms with Gasteiger partial charge in [-0.3, -0.25) is 4.79 Å². The Balaban J connectivity index is 2.19. The molecule has 0 aromatic heterocycles. The van der Waals surface area contributed by atoms with Crippen LogP contribution in [0.4, 0.5) is 0 Å². The van der Waals surface area contributed by atoms with E-state index in [2.05, 4.69) is 15.9 Å². The first-order chi connectivity index (χ1) is 10.9. The highest BCUT2D eigenvalue weighted by Crippen LogP contribution is 2.24. The van der Waals surface area contributed by atoms with Crippen LogP contribution in [-0.2, 0) is 11.3 Å².